The first-order valence-electron chi connectivity index (χ1n) is 6.66. The molecule has 3 rings (SSSR count). The van der Waals surface area contributed by atoms with Crippen molar-refractivity contribution in [2.45, 2.75) is 13.0 Å². The van der Waals surface area contributed by atoms with Crippen LogP contribution in [0.3, 0.4) is 0 Å². The van der Waals surface area contributed by atoms with Gasteiger partial charge in [-0.2, -0.15) is 16.4 Å². The van der Waals surface area contributed by atoms with E-state index in [4.69, 9.17) is 0 Å². The second kappa shape index (κ2) is 6.69. The largest absolute Gasteiger partial charge is 0.354 e. The van der Waals surface area contributed by atoms with E-state index in [9.17, 15) is 4.79 Å². The number of nitrogens with zero attached hydrogens (tertiary/aromatic N) is 2. The molecule has 0 bridgehead atoms. The van der Waals surface area contributed by atoms with Gasteiger partial charge in [0.1, 0.15) is 0 Å². The quantitative estimate of drug-likeness (QED) is 0.759. The van der Waals surface area contributed by atoms with Crippen molar-refractivity contribution < 1.29 is 4.79 Å². The number of hydrogen-bond donors (Lipinski definition) is 1. The molecule has 0 aliphatic heterocycles. The van der Waals surface area contributed by atoms with Gasteiger partial charge in [0.15, 0.2) is 0 Å². The Bertz CT molecular complexity index is 686. The zero-order valence-corrected chi connectivity index (χ0v) is 13.0. The summed E-state index contributed by atoms with van der Waals surface area (Å²) >= 11 is 3.27. The van der Waals surface area contributed by atoms with Crippen LogP contribution in [0, 0.1) is 0 Å². The lowest BCUT2D eigenvalue weighted by Gasteiger charge is -2.04. The Morgan fingerprint density at radius 2 is 2.24 bits per heavy atom. The van der Waals surface area contributed by atoms with Crippen LogP contribution < -0.4 is 5.32 Å². The van der Waals surface area contributed by atoms with Crippen molar-refractivity contribution in [3.05, 3.63) is 51.5 Å². The van der Waals surface area contributed by atoms with E-state index in [0.717, 1.165) is 16.1 Å². The van der Waals surface area contributed by atoms with Crippen molar-refractivity contribution in [2.75, 3.05) is 6.54 Å². The first-order valence-corrected chi connectivity index (χ1v) is 8.48. The fourth-order valence-electron chi connectivity index (χ4n) is 1.99. The molecule has 3 heterocycles. The molecule has 1 amide bonds. The molecule has 21 heavy (non-hydrogen) atoms. The first-order chi connectivity index (χ1) is 10.3. The predicted molar refractivity (Wildman–Crippen MR) is 86.6 cm³/mol. The second-order valence-corrected chi connectivity index (χ2v) is 6.39. The van der Waals surface area contributed by atoms with Gasteiger partial charge in [0.05, 0.1) is 18.7 Å². The highest BCUT2D eigenvalue weighted by Gasteiger charge is 2.05. The first kappa shape index (κ1) is 14.0. The number of nitrogens with one attached hydrogen (secondary N) is 1. The van der Waals surface area contributed by atoms with Crippen LogP contribution in [-0.4, -0.2) is 22.2 Å². The number of carbonyl (C=O) groups excluding carboxylic acids is 1. The van der Waals surface area contributed by atoms with Gasteiger partial charge in [0.25, 0.3) is 0 Å². The van der Waals surface area contributed by atoms with Crippen LogP contribution in [-0.2, 0) is 17.8 Å². The molecule has 6 heteroatoms. The third kappa shape index (κ3) is 3.80. The summed E-state index contributed by atoms with van der Waals surface area (Å²) < 4.78 is 1.86. The van der Waals surface area contributed by atoms with Gasteiger partial charge < -0.3 is 5.32 Å². The van der Waals surface area contributed by atoms with Crippen LogP contribution in [0.2, 0.25) is 0 Å². The zero-order valence-electron chi connectivity index (χ0n) is 11.4. The van der Waals surface area contributed by atoms with Crippen molar-refractivity contribution in [1.29, 1.82) is 0 Å². The molecule has 4 nitrogen and oxygen atoms in total. The monoisotopic (exact) mass is 317 g/mol. The van der Waals surface area contributed by atoms with Crippen molar-refractivity contribution in [3.63, 3.8) is 0 Å². The van der Waals surface area contributed by atoms with Crippen molar-refractivity contribution in [1.82, 2.24) is 15.1 Å². The number of hydrogen-bond acceptors (Lipinski definition) is 4. The lowest BCUT2D eigenvalue weighted by atomic mass is 10.2. The van der Waals surface area contributed by atoms with Crippen LogP contribution in [0.15, 0.2) is 46.6 Å². The van der Waals surface area contributed by atoms with Gasteiger partial charge in [-0.1, -0.05) is 6.07 Å². The average molecular weight is 317 g/mol. The molecule has 0 radical (unpaired) electrons. The minimum Gasteiger partial charge on any atom is -0.354 e. The number of rotatable bonds is 6. The van der Waals surface area contributed by atoms with E-state index >= 15 is 0 Å². The van der Waals surface area contributed by atoms with E-state index in [1.165, 1.54) is 0 Å². The van der Waals surface area contributed by atoms with Gasteiger partial charge in [-0.3, -0.25) is 9.48 Å². The van der Waals surface area contributed by atoms with E-state index < -0.39 is 0 Å². The Kier molecular flexibility index (Phi) is 4.47. The lowest BCUT2D eigenvalue weighted by Crippen LogP contribution is -2.28. The number of carbonyl (C=O) groups is 1. The highest BCUT2D eigenvalue weighted by molar-refractivity contribution is 7.10. The molecule has 0 saturated heterocycles. The summed E-state index contributed by atoms with van der Waals surface area (Å²) in [4.78, 5) is 12.8. The molecule has 0 spiro atoms. The molecule has 0 atom stereocenters. The van der Waals surface area contributed by atoms with Gasteiger partial charge in [0.2, 0.25) is 5.91 Å². The Hall–Kier alpha value is -1.92. The van der Waals surface area contributed by atoms with E-state index in [2.05, 4.69) is 21.9 Å². The molecule has 3 aromatic heterocycles. The van der Waals surface area contributed by atoms with Crippen LogP contribution >= 0.6 is 22.7 Å². The number of amides is 1. The minimum atomic E-state index is 0.0580. The summed E-state index contributed by atoms with van der Waals surface area (Å²) in [6.45, 7) is 1.27. The third-order valence-corrected chi connectivity index (χ3v) is 4.60. The molecule has 1 N–H and O–H groups in total. The fraction of sp³-hybridized carbons (Fsp3) is 0.200. The van der Waals surface area contributed by atoms with Gasteiger partial charge in [-0.25, -0.2) is 0 Å². The summed E-state index contributed by atoms with van der Waals surface area (Å²) in [5, 5.41) is 13.5. The van der Waals surface area contributed by atoms with Crippen molar-refractivity contribution in [2.24, 2.45) is 0 Å². The minimum absolute atomic E-state index is 0.0580. The smallest absolute Gasteiger partial charge is 0.225 e. The number of thiophene rings is 2. The van der Waals surface area contributed by atoms with Crippen LogP contribution in [0.25, 0.3) is 11.3 Å². The van der Waals surface area contributed by atoms with Gasteiger partial charge in [-0.15, -0.1) is 11.3 Å². The summed E-state index contributed by atoms with van der Waals surface area (Å²) in [5.41, 5.74) is 2.11. The van der Waals surface area contributed by atoms with Gasteiger partial charge in [-0.05, 0) is 29.0 Å². The maximum Gasteiger partial charge on any atom is 0.225 e. The van der Waals surface area contributed by atoms with Crippen LogP contribution in [0.1, 0.15) is 4.88 Å². The topological polar surface area (TPSA) is 46.9 Å². The molecule has 0 aliphatic carbocycles. The third-order valence-electron chi connectivity index (χ3n) is 3.04. The van der Waals surface area contributed by atoms with Crippen molar-refractivity contribution in [3.8, 4) is 11.3 Å². The predicted octanol–water partition coefficient (Wildman–Crippen LogP) is 3.03. The lowest BCUT2D eigenvalue weighted by molar-refractivity contribution is -0.120. The molecule has 3 aromatic rings. The molecular weight excluding hydrogens is 302 g/mol. The summed E-state index contributed by atoms with van der Waals surface area (Å²) in [6.07, 6.45) is 2.40. The molecular formula is C15H15N3OS2. The summed E-state index contributed by atoms with van der Waals surface area (Å²) in [5.74, 6) is 0.0580. The number of aromatic nitrogens is 2. The SMILES string of the molecule is O=C(Cc1cccs1)NCCn1ccc(-c2ccsc2)n1. The summed E-state index contributed by atoms with van der Waals surface area (Å²) in [6, 6.07) is 7.99. The molecule has 108 valence electrons. The molecule has 0 fully saturated rings. The van der Waals surface area contributed by atoms with E-state index in [1.54, 1.807) is 22.7 Å². The normalized spacial score (nSPS) is 10.7. The van der Waals surface area contributed by atoms with E-state index in [-0.39, 0.29) is 5.91 Å². The average Bonchev–Trinajstić information content (AvgIpc) is 3.21. The summed E-state index contributed by atoms with van der Waals surface area (Å²) in [7, 11) is 0. The Labute approximate surface area is 131 Å². The Morgan fingerprint density at radius 3 is 3.00 bits per heavy atom. The molecule has 0 unspecified atom stereocenters. The fourth-order valence-corrected chi connectivity index (χ4v) is 3.35. The van der Waals surface area contributed by atoms with E-state index in [1.807, 2.05) is 39.8 Å². The highest BCUT2D eigenvalue weighted by Crippen LogP contribution is 2.19. The van der Waals surface area contributed by atoms with E-state index in [0.29, 0.717) is 19.5 Å². The standard InChI is InChI=1S/C15H15N3OS2/c19-15(10-13-2-1-8-21-13)16-5-7-18-6-3-14(17-18)12-4-9-20-11-12/h1-4,6,8-9,11H,5,7,10H2,(H,16,19). The van der Waals surface area contributed by atoms with Crippen LogP contribution in [0.4, 0.5) is 0 Å². The molecule has 0 aromatic carbocycles. The van der Waals surface area contributed by atoms with Crippen molar-refractivity contribution >= 4 is 28.6 Å². The highest BCUT2D eigenvalue weighted by atomic mass is 32.1. The second-order valence-electron chi connectivity index (χ2n) is 4.58. The van der Waals surface area contributed by atoms with Crippen LogP contribution in [0.5, 0.6) is 0 Å². The molecule has 0 saturated carbocycles. The Balaban J connectivity index is 1.46. The maximum absolute atomic E-state index is 11.8. The Morgan fingerprint density at radius 1 is 1.29 bits per heavy atom. The molecule has 0 aliphatic rings. The van der Waals surface area contributed by atoms with Gasteiger partial charge in [0, 0.05) is 28.6 Å². The maximum atomic E-state index is 11.8. The zero-order chi connectivity index (χ0) is 14.5. The van der Waals surface area contributed by atoms with Gasteiger partial charge >= 0.3 is 0 Å².